The Morgan fingerprint density at radius 3 is 2.49 bits per heavy atom. The lowest BCUT2D eigenvalue weighted by molar-refractivity contribution is -0.132. The Hall–Kier alpha value is -4.38. The van der Waals surface area contributed by atoms with E-state index >= 15 is 0 Å². The van der Waals surface area contributed by atoms with Gasteiger partial charge in [-0.1, -0.05) is 24.3 Å². The van der Waals surface area contributed by atoms with E-state index in [0.29, 0.717) is 29.2 Å². The Morgan fingerprint density at radius 2 is 1.85 bits per heavy atom. The molecule has 2 aromatic carbocycles. The number of hydrogen-bond donors (Lipinski definition) is 2. The third-order valence-electron chi connectivity index (χ3n) is 6.24. The maximum absolute atomic E-state index is 13.5. The van der Waals surface area contributed by atoms with Crippen molar-refractivity contribution < 1.29 is 38.8 Å². The van der Waals surface area contributed by atoms with Crippen molar-refractivity contribution in [2.75, 3.05) is 25.7 Å². The van der Waals surface area contributed by atoms with Crippen LogP contribution in [-0.2, 0) is 14.3 Å². The summed E-state index contributed by atoms with van der Waals surface area (Å²) in [5.41, 5.74) is 1.57. The summed E-state index contributed by atoms with van der Waals surface area (Å²) in [5, 5.41) is 21.7. The van der Waals surface area contributed by atoms with Gasteiger partial charge < -0.3 is 24.4 Å². The first-order valence-electron chi connectivity index (χ1n) is 12.1. The van der Waals surface area contributed by atoms with E-state index < -0.39 is 23.7 Å². The zero-order valence-corrected chi connectivity index (χ0v) is 22.9. The molecular formula is C28H28N2O8S. The quantitative estimate of drug-likeness (QED) is 0.177. The fourth-order valence-corrected chi connectivity index (χ4v) is 5.31. The molecule has 0 bridgehead atoms. The Kier molecular flexibility index (Phi) is 7.91. The van der Waals surface area contributed by atoms with Gasteiger partial charge in [0.05, 0.1) is 38.1 Å². The summed E-state index contributed by atoms with van der Waals surface area (Å²) in [6, 6.07) is 8.20. The molecule has 2 heterocycles. The van der Waals surface area contributed by atoms with E-state index in [4.69, 9.17) is 14.2 Å². The number of amides is 1. The minimum Gasteiger partial charge on any atom is -0.507 e. The molecule has 0 aliphatic carbocycles. The van der Waals surface area contributed by atoms with Crippen LogP contribution in [0, 0.1) is 13.8 Å². The number of phenolic OH excluding ortho intramolecular Hbond substituents is 1. The van der Waals surface area contributed by atoms with E-state index in [2.05, 4.69) is 4.98 Å². The molecule has 1 saturated heterocycles. The molecule has 11 heteroatoms. The highest BCUT2D eigenvalue weighted by Crippen LogP contribution is 2.45. The van der Waals surface area contributed by atoms with E-state index in [0.717, 1.165) is 28.2 Å². The molecule has 3 aromatic rings. The monoisotopic (exact) mass is 552 g/mol. The summed E-state index contributed by atoms with van der Waals surface area (Å²) in [7, 11) is 2.60. The van der Waals surface area contributed by atoms with Crippen molar-refractivity contribution in [3.05, 3.63) is 69.2 Å². The number of aromatic hydroxyl groups is 1. The third-order valence-corrected chi connectivity index (χ3v) is 7.37. The maximum Gasteiger partial charge on any atom is 0.350 e. The van der Waals surface area contributed by atoms with Crippen molar-refractivity contribution in [1.82, 2.24) is 4.98 Å². The average Bonchev–Trinajstić information content (AvgIpc) is 3.43. The van der Waals surface area contributed by atoms with Crippen molar-refractivity contribution >= 4 is 39.9 Å². The number of carbonyl (C=O) groups is 3. The summed E-state index contributed by atoms with van der Waals surface area (Å²) < 4.78 is 15.8. The highest BCUT2D eigenvalue weighted by Gasteiger charge is 2.48. The highest BCUT2D eigenvalue weighted by molar-refractivity contribution is 7.17. The lowest BCUT2D eigenvalue weighted by Gasteiger charge is -2.23. The number of methoxy groups -OCH3 is 2. The third kappa shape index (κ3) is 5.05. The normalized spacial score (nSPS) is 16.4. The zero-order chi connectivity index (χ0) is 28.4. The predicted molar refractivity (Wildman–Crippen MR) is 145 cm³/mol. The molecule has 0 spiro atoms. The van der Waals surface area contributed by atoms with Crippen molar-refractivity contribution in [2.24, 2.45) is 0 Å². The molecule has 1 aliphatic rings. The van der Waals surface area contributed by atoms with Crippen LogP contribution in [0.15, 0.2) is 42.0 Å². The molecule has 0 radical (unpaired) electrons. The summed E-state index contributed by atoms with van der Waals surface area (Å²) in [6.45, 7) is 5.92. The van der Waals surface area contributed by atoms with E-state index in [1.807, 2.05) is 13.8 Å². The van der Waals surface area contributed by atoms with E-state index in [9.17, 15) is 24.6 Å². The predicted octanol–water partition coefficient (Wildman–Crippen LogP) is 4.68. The minimum absolute atomic E-state index is 0.0746. The number of esters is 1. The number of aliphatic hydroxyl groups is 1. The lowest BCUT2D eigenvalue weighted by Crippen LogP contribution is -2.29. The van der Waals surface area contributed by atoms with Crippen LogP contribution in [0.1, 0.15) is 51.4 Å². The standard InChI is InChI=1S/C28H28N2O8S/c1-6-11-38-19-10-8-17(12-14(19)2)23(32)21-22(16-7-9-18(31)20(13-16)36-4)30(26(34)24(21)33)28-29-15(3)25(39-28)27(35)37-5/h7-10,12-13,22,31-32H,6,11H2,1-5H3. The Morgan fingerprint density at radius 1 is 1.10 bits per heavy atom. The number of hydrogen-bond acceptors (Lipinski definition) is 10. The molecule has 10 nitrogen and oxygen atoms in total. The number of aryl methyl sites for hydroxylation is 2. The van der Waals surface area contributed by atoms with Crippen molar-refractivity contribution in [3.8, 4) is 17.2 Å². The molecule has 39 heavy (non-hydrogen) atoms. The van der Waals surface area contributed by atoms with Crippen LogP contribution in [-0.4, -0.2) is 53.7 Å². The smallest absolute Gasteiger partial charge is 0.350 e. The van der Waals surface area contributed by atoms with Crippen LogP contribution in [0.2, 0.25) is 0 Å². The van der Waals surface area contributed by atoms with Gasteiger partial charge in [0.2, 0.25) is 0 Å². The first kappa shape index (κ1) is 27.6. The van der Waals surface area contributed by atoms with Crippen LogP contribution >= 0.6 is 11.3 Å². The molecular weight excluding hydrogens is 524 g/mol. The summed E-state index contributed by atoms with van der Waals surface area (Å²) in [5.74, 6) is -2.27. The summed E-state index contributed by atoms with van der Waals surface area (Å²) in [6.07, 6.45) is 0.828. The van der Waals surface area contributed by atoms with Gasteiger partial charge in [-0.3, -0.25) is 14.5 Å². The minimum atomic E-state index is -1.13. The molecule has 2 N–H and O–H groups in total. The van der Waals surface area contributed by atoms with Gasteiger partial charge in [-0.05, 0) is 61.7 Å². The number of aromatic nitrogens is 1. The molecule has 1 aliphatic heterocycles. The molecule has 0 saturated carbocycles. The zero-order valence-electron chi connectivity index (χ0n) is 22.1. The van der Waals surface area contributed by atoms with Gasteiger partial charge in [-0.25, -0.2) is 9.78 Å². The molecule has 1 amide bonds. The van der Waals surface area contributed by atoms with Crippen LogP contribution in [0.25, 0.3) is 5.76 Å². The van der Waals surface area contributed by atoms with E-state index in [1.165, 1.54) is 32.4 Å². The van der Waals surface area contributed by atoms with Crippen molar-refractivity contribution in [1.29, 1.82) is 0 Å². The fourth-order valence-electron chi connectivity index (χ4n) is 4.30. The number of anilines is 1. The number of ether oxygens (including phenoxy) is 3. The maximum atomic E-state index is 13.5. The second-order valence-electron chi connectivity index (χ2n) is 8.83. The van der Waals surface area contributed by atoms with Crippen molar-refractivity contribution in [2.45, 2.75) is 33.2 Å². The average molecular weight is 553 g/mol. The van der Waals surface area contributed by atoms with Gasteiger partial charge in [0.15, 0.2) is 16.6 Å². The van der Waals surface area contributed by atoms with Crippen LogP contribution in [0.5, 0.6) is 17.2 Å². The van der Waals surface area contributed by atoms with E-state index in [1.54, 1.807) is 25.1 Å². The molecule has 204 valence electrons. The summed E-state index contributed by atoms with van der Waals surface area (Å²) in [4.78, 5) is 44.8. The van der Waals surface area contributed by atoms with Gasteiger partial charge >= 0.3 is 11.9 Å². The first-order valence-corrected chi connectivity index (χ1v) is 12.9. The lowest BCUT2D eigenvalue weighted by atomic mass is 9.94. The second-order valence-corrected chi connectivity index (χ2v) is 9.81. The first-order chi connectivity index (χ1) is 18.6. The van der Waals surface area contributed by atoms with Crippen LogP contribution < -0.4 is 14.4 Å². The second kappa shape index (κ2) is 11.2. The SMILES string of the molecule is CCCOc1ccc(C(O)=C2C(=O)C(=O)N(c3nc(C)c(C(=O)OC)s3)C2c2ccc(O)c(OC)c2)cc1C. The van der Waals surface area contributed by atoms with E-state index in [-0.39, 0.29) is 32.8 Å². The van der Waals surface area contributed by atoms with Gasteiger partial charge in [0.1, 0.15) is 16.4 Å². The fraction of sp³-hybridized carbons (Fsp3) is 0.286. The van der Waals surface area contributed by atoms with Crippen molar-refractivity contribution in [3.63, 3.8) is 0 Å². The summed E-state index contributed by atoms with van der Waals surface area (Å²) >= 11 is 0.894. The number of phenols is 1. The number of ketones is 1. The molecule has 1 fully saturated rings. The topological polar surface area (TPSA) is 135 Å². The van der Waals surface area contributed by atoms with Crippen LogP contribution in [0.4, 0.5) is 5.13 Å². The molecule has 1 unspecified atom stereocenters. The number of thiazole rings is 1. The largest absolute Gasteiger partial charge is 0.507 e. The number of rotatable bonds is 8. The number of aliphatic hydroxyl groups excluding tert-OH is 1. The number of benzene rings is 2. The Labute approximate surface area is 229 Å². The van der Waals surface area contributed by atoms with Gasteiger partial charge in [-0.15, -0.1) is 0 Å². The molecule has 1 aromatic heterocycles. The number of carbonyl (C=O) groups excluding carboxylic acids is 3. The number of nitrogens with zero attached hydrogens (tertiary/aromatic N) is 2. The highest BCUT2D eigenvalue weighted by atomic mass is 32.1. The Balaban J connectivity index is 1.92. The molecule has 1 atom stereocenters. The molecule has 4 rings (SSSR count). The van der Waals surface area contributed by atoms with Gasteiger partial charge in [-0.2, -0.15) is 0 Å². The van der Waals surface area contributed by atoms with Gasteiger partial charge in [0.25, 0.3) is 5.78 Å². The van der Waals surface area contributed by atoms with Gasteiger partial charge in [0, 0.05) is 5.56 Å². The number of Topliss-reactive ketones (excluding diaryl/α,β-unsaturated/α-hetero) is 1. The Bertz CT molecular complexity index is 1490. The van der Waals surface area contributed by atoms with Crippen LogP contribution in [0.3, 0.4) is 0 Å².